The van der Waals surface area contributed by atoms with Gasteiger partial charge in [-0.1, -0.05) is 31.5 Å². The molecule has 0 amide bonds. The Morgan fingerprint density at radius 2 is 1.89 bits per heavy atom. The number of benzene rings is 1. The third-order valence-electron chi connectivity index (χ3n) is 3.13. The lowest BCUT2D eigenvalue weighted by Gasteiger charge is -2.08. The molecule has 0 saturated carbocycles. The summed E-state index contributed by atoms with van der Waals surface area (Å²) in [5.74, 6) is 0. The Morgan fingerprint density at radius 1 is 1.17 bits per heavy atom. The third kappa shape index (κ3) is 2.62. The van der Waals surface area contributed by atoms with Crippen molar-refractivity contribution in [3.63, 3.8) is 0 Å². The van der Waals surface area contributed by atoms with Crippen LogP contribution in [0.25, 0.3) is 5.69 Å². The van der Waals surface area contributed by atoms with Gasteiger partial charge in [0.05, 0.1) is 11.9 Å². The second kappa shape index (κ2) is 5.83. The van der Waals surface area contributed by atoms with E-state index >= 15 is 0 Å². The predicted octanol–water partition coefficient (Wildman–Crippen LogP) is 2.85. The minimum Gasteiger partial charge on any atom is -0.313 e. The highest BCUT2D eigenvalue weighted by Crippen LogP contribution is 2.16. The molecule has 1 aromatic heterocycles. The SMILES string of the molecule is CCNCc1cnn(-c2ccc(C)cc2)c1CC. The van der Waals surface area contributed by atoms with E-state index < -0.39 is 0 Å². The molecule has 3 nitrogen and oxygen atoms in total. The fourth-order valence-electron chi connectivity index (χ4n) is 2.10. The monoisotopic (exact) mass is 243 g/mol. The zero-order chi connectivity index (χ0) is 13.0. The predicted molar refractivity (Wildman–Crippen MR) is 75.1 cm³/mol. The molecule has 18 heavy (non-hydrogen) atoms. The van der Waals surface area contributed by atoms with Gasteiger partial charge in [0.1, 0.15) is 0 Å². The molecule has 2 aromatic rings. The summed E-state index contributed by atoms with van der Waals surface area (Å²) in [5, 5.41) is 7.88. The Hall–Kier alpha value is -1.61. The average molecular weight is 243 g/mol. The van der Waals surface area contributed by atoms with Gasteiger partial charge >= 0.3 is 0 Å². The fourth-order valence-corrected chi connectivity index (χ4v) is 2.10. The number of nitrogens with zero attached hydrogens (tertiary/aromatic N) is 2. The summed E-state index contributed by atoms with van der Waals surface area (Å²) in [6.07, 6.45) is 2.97. The van der Waals surface area contributed by atoms with E-state index in [1.807, 2.05) is 10.9 Å². The molecule has 0 spiro atoms. The van der Waals surface area contributed by atoms with Crippen LogP contribution in [-0.2, 0) is 13.0 Å². The Morgan fingerprint density at radius 3 is 2.50 bits per heavy atom. The van der Waals surface area contributed by atoms with Crippen molar-refractivity contribution in [3.05, 3.63) is 47.3 Å². The summed E-state index contributed by atoms with van der Waals surface area (Å²) in [4.78, 5) is 0. The number of aryl methyl sites for hydroxylation is 1. The highest BCUT2D eigenvalue weighted by molar-refractivity contribution is 5.37. The van der Waals surface area contributed by atoms with Gasteiger partial charge in [0.15, 0.2) is 0 Å². The molecule has 1 heterocycles. The molecular weight excluding hydrogens is 222 g/mol. The van der Waals surface area contributed by atoms with Crippen LogP contribution in [0.5, 0.6) is 0 Å². The topological polar surface area (TPSA) is 29.9 Å². The molecule has 0 aliphatic rings. The molecule has 0 aliphatic carbocycles. The van der Waals surface area contributed by atoms with Crippen molar-refractivity contribution in [2.45, 2.75) is 33.7 Å². The fraction of sp³-hybridized carbons (Fsp3) is 0.400. The summed E-state index contributed by atoms with van der Waals surface area (Å²) in [6.45, 7) is 8.28. The number of hydrogen-bond acceptors (Lipinski definition) is 2. The van der Waals surface area contributed by atoms with Crippen molar-refractivity contribution in [1.29, 1.82) is 0 Å². The van der Waals surface area contributed by atoms with Crippen molar-refractivity contribution in [2.24, 2.45) is 0 Å². The molecule has 0 radical (unpaired) electrons. The molecular formula is C15H21N3. The Balaban J connectivity index is 2.33. The summed E-state index contributed by atoms with van der Waals surface area (Å²) in [5.41, 5.74) is 5.00. The van der Waals surface area contributed by atoms with Crippen LogP contribution in [0.3, 0.4) is 0 Å². The Bertz CT molecular complexity index is 497. The standard InChI is InChI=1S/C15H21N3/c1-4-15-13(10-16-5-2)11-17-18(15)14-8-6-12(3)7-9-14/h6-9,11,16H,4-5,10H2,1-3H3. The van der Waals surface area contributed by atoms with E-state index in [0.29, 0.717) is 0 Å². The number of hydrogen-bond donors (Lipinski definition) is 1. The van der Waals surface area contributed by atoms with Crippen LogP contribution in [0.4, 0.5) is 0 Å². The lowest BCUT2D eigenvalue weighted by atomic mass is 10.2. The van der Waals surface area contributed by atoms with Gasteiger partial charge in [-0.3, -0.25) is 0 Å². The Labute approximate surface area is 109 Å². The maximum atomic E-state index is 4.52. The van der Waals surface area contributed by atoms with E-state index in [-0.39, 0.29) is 0 Å². The van der Waals surface area contributed by atoms with Crippen LogP contribution in [0.2, 0.25) is 0 Å². The number of aromatic nitrogens is 2. The summed E-state index contributed by atoms with van der Waals surface area (Å²) in [6, 6.07) is 8.50. The van der Waals surface area contributed by atoms with E-state index in [0.717, 1.165) is 25.2 Å². The first-order chi connectivity index (χ1) is 8.76. The van der Waals surface area contributed by atoms with Crippen LogP contribution in [0, 0.1) is 6.92 Å². The van der Waals surface area contributed by atoms with Gasteiger partial charge in [-0.05, 0) is 32.0 Å². The van der Waals surface area contributed by atoms with Crippen molar-refractivity contribution in [1.82, 2.24) is 15.1 Å². The zero-order valence-electron chi connectivity index (χ0n) is 11.4. The molecule has 3 heteroatoms. The molecule has 0 saturated heterocycles. The molecule has 0 aliphatic heterocycles. The van der Waals surface area contributed by atoms with Crippen LogP contribution in [0.1, 0.15) is 30.7 Å². The van der Waals surface area contributed by atoms with Crippen molar-refractivity contribution in [2.75, 3.05) is 6.54 Å². The molecule has 96 valence electrons. The third-order valence-corrected chi connectivity index (χ3v) is 3.13. The van der Waals surface area contributed by atoms with Gasteiger partial charge in [-0.2, -0.15) is 5.10 Å². The highest BCUT2D eigenvalue weighted by Gasteiger charge is 2.09. The average Bonchev–Trinajstić information content (AvgIpc) is 2.80. The van der Waals surface area contributed by atoms with Crippen LogP contribution < -0.4 is 5.32 Å². The maximum Gasteiger partial charge on any atom is 0.0649 e. The molecule has 0 atom stereocenters. The van der Waals surface area contributed by atoms with E-state index in [1.54, 1.807) is 0 Å². The molecule has 1 N–H and O–H groups in total. The molecule has 2 rings (SSSR count). The quantitative estimate of drug-likeness (QED) is 0.875. The second-order valence-electron chi connectivity index (χ2n) is 4.50. The second-order valence-corrected chi connectivity index (χ2v) is 4.50. The van der Waals surface area contributed by atoms with Gasteiger partial charge in [0, 0.05) is 17.8 Å². The first-order valence-electron chi connectivity index (χ1n) is 6.59. The lowest BCUT2D eigenvalue weighted by molar-refractivity contribution is 0.716. The summed E-state index contributed by atoms with van der Waals surface area (Å²) >= 11 is 0. The first kappa shape index (κ1) is 12.8. The minimum absolute atomic E-state index is 0.894. The summed E-state index contributed by atoms with van der Waals surface area (Å²) in [7, 11) is 0. The normalized spacial score (nSPS) is 10.8. The maximum absolute atomic E-state index is 4.52. The number of rotatable bonds is 5. The number of nitrogens with one attached hydrogen (secondary N) is 1. The van der Waals surface area contributed by atoms with Gasteiger partial charge in [0.25, 0.3) is 0 Å². The van der Waals surface area contributed by atoms with E-state index in [4.69, 9.17) is 0 Å². The molecule has 1 aromatic carbocycles. The molecule has 0 fully saturated rings. The largest absolute Gasteiger partial charge is 0.313 e. The first-order valence-corrected chi connectivity index (χ1v) is 6.59. The van der Waals surface area contributed by atoms with Crippen molar-refractivity contribution < 1.29 is 0 Å². The molecule has 0 bridgehead atoms. The van der Waals surface area contributed by atoms with E-state index in [2.05, 4.69) is 55.5 Å². The van der Waals surface area contributed by atoms with E-state index in [1.165, 1.54) is 16.8 Å². The van der Waals surface area contributed by atoms with Gasteiger partial charge in [-0.15, -0.1) is 0 Å². The zero-order valence-corrected chi connectivity index (χ0v) is 11.4. The van der Waals surface area contributed by atoms with Crippen LogP contribution >= 0.6 is 0 Å². The van der Waals surface area contributed by atoms with Crippen LogP contribution in [0.15, 0.2) is 30.5 Å². The Kier molecular flexibility index (Phi) is 4.15. The van der Waals surface area contributed by atoms with Gasteiger partial charge in [-0.25, -0.2) is 4.68 Å². The van der Waals surface area contributed by atoms with Crippen molar-refractivity contribution >= 4 is 0 Å². The van der Waals surface area contributed by atoms with E-state index in [9.17, 15) is 0 Å². The molecule has 0 unspecified atom stereocenters. The van der Waals surface area contributed by atoms with Crippen molar-refractivity contribution in [3.8, 4) is 5.69 Å². The van der Waals surface area contributed by atoms with Crippen LogP contribution in [-0.4, -0.2) is 16.3 Å². The highest BCUT2D eigenvalue weighted by atomic mass is 15.3. The van der Waals surface area contributed by atoms with Gasteiger partial charge < -0.3 is 5.32 Å². The smallest absolute Gasteiger partial charge is 0.0649 e. The van der Waals surface area contributed by atoms with Gasteiger partial charge in [0.2, 0.25) is 0 Å². The minimum atomic E-state index is 0.894. The summed E-state index contributed by atoms with van der Waals surface area (Å²) < 4.78 is 2.05. The lowest BCUT2D eigenvalue weighted by Crippen LogP contribution is -2.13.